The Morgan fingerprint density at radius 1 is 1.71 bits per heavy atom. The summed E-state index contributed by atoms with van der Waals surface area (Å²) in [5.41, 5.74) is 0.969. The number of rotatable bonds is 3. The average molecular weight is 244 g/mol. The summed E-state index contributed by atoms with van der Waals surface area (Å²) >= 11 is 0. The largest absolute Gasteiger partial charge is 0.477 e. The van der Waals surface area contributed by atoms with Gasteiger partial charge in [0.05, 0.1) is 6.04 Å². The first-order chi connectivity index (χ1) is 7.81. The molecule has 1 N–H and O–H groups in total. The van der Waals surface area contributed by atoms with Gasteiger partial charge in [0.1, 0.15) is 0 Å². The van der Waals surface area contributed by atoms with Crippen LogP contribution in [0.25, 0.3) is 0 Å². The number of aliphatic carboxylic acids is 1. The number of carbonyl (C=O) groups excluding carboxylic acids is 1. The molecule has 2 atom stereocenters. The van der Waals surface area contributed by atoms with Crippen LogP contribution in [0, 0.1) is 0 Å². The molecule has 0 radical (unpaired) electrons. The van der Waals surface area contributed by atoms with Crippen LogP contribution >= 0.6 is 0 Å². The first kappa shape index (κ1) is 11.8. The summed E-state index contributed by atoms with van der Waals surface area (Å²) in [6.45, 7) is 3.47. The van der Waals surface area contributed by atoms with Gasteiger partial charge in [-0.2, -0.15) is 9.45 Å². The van der Waals surface area contributed by atoms with Crippen LogP contribution in [0.15, 0.2) is 11.6 Å². The van der Waals surface area contributed by atoms with Crippen molar-refractivity contribution in [1.82, 2.24) is 9.96 Å². The van der Waals surface area contributed by atoms with Gasteiger partial charge in [-0.3, -0.25) is 0 Å². The second kappa shape index (κ2) is 3.69. The minimum atomic E-state index is -2.91. The van der Waals surface area contributed by atoms with Crippen LogP contribution in [0.3, 0.4) is 0 Å². The number of carbonyl (C=O) groups is 2. The third kappa shape index (κ3) is 1.97. The molecule has 2 heterocycles. The summed E-state index contributed by atoms with van der Waals surface area (Å²) in [6, 6.07) is -0.932. The molecule has 1 saturated heterocycles. The lowest BCUT2D eigenvalue weighted by Gasteiger charge is -2.25. The molecule has 17 heavy (non-hydrogen) atoms. The minimum Gasteiger partial charge on any atom is -0.477 e. The van der Waals surface area contributed by atoms with Gasteiger partial charge in [-0.05, 0) is 6.92 Å². The number of hydrogen-bond donors (Lipinski definition) is 1. The van der Waals surface area contributed by atoms with E-state index in [1.165, 1.54) is 4.90 Å². The molecule has 6 nitrogen and oxygen atoms in total. The van der Waals surface area contributed by atoms with Crippen LogP contribution in [-0.4, -0.2) is 52.1 Å². The van der Waals surface area contributed by atoms with E-state index in [0.717, 1.165) is 17.6 Å². The monoisotopic (exact) mass is 244 g/mol. The highest BCUT2D eigenvalue weighted by atomic mass is 19.2. The van der Waals surface area contributed by atoms with Gasteiger partial charge < -0.3 is 10.0 Å². The third-order valence-corrected chi connectivity index (χ3v) is 2.74. The van der Waals surface area contributed by atoms with Gasteiger partial charge in [-0.25, -0.2) is 14.4 Å². The van der Waals surface area contributed by atoms with E-state index in [1.54, 1.807) is 6.08 Å². The van der Waals surface area contributed by atoms with Crippen molar-refractivity contribution in [2.24, 2.45) is 0 Å². The average Bonchev–Trinajstić information content (AvgIpc) is 2.42. The Hall–Kier alpha value is -1.63. The normalized spacial score (nSPS) is 26.9. The molecule has 2 aliphatic rings. The van der Waals surface area contributed by atoms with Crippen molar-refractivity contribution in [3.63, 3.8) is 0 Å². The first-order valence-electron chi connectivity index (χ1n) is 5.18. The molecule has 2 aliphatic heterocycles. The molecule has 0 aromatic rings. The molecule has 2 amide bonds. The molecular formula is C10H13FN2O4. The molecule has 1 fully saturated rings. The number of fused-ring (bicyclic) bond motifs is 2. The quantitative estimate of drug-likeness (QED) is 0.744. The van der Waals surface area contributed by atoms with Gasteiger partial charge in [-0.1, -0.05) is 11.6 Å². The van der Waals surface area contributed by atoms with Gasteiger partial charge in [-0.15, -0.1) is 0 Å². The van der Waals surface area contributed by atoms with Crippen molar-refractivity contribution in [2.75, 3.05) is 13.1 Å². The number of amides is 2. The summed E-state index contributed by atoms with van der Waals surface area (Å²) in [6.07, 6.45) is 1.78. The van der Waals surface area contributed by atoms with Gasteiger partial charge >= 0.3 is 17.9 Å². The minimum absolute atomic E-state index is 0.395. The molecule has 2 rings (SSSR count). The van der Waals surface area contributed by atoms with Gasteiger partial charge in [0.25, 0.3) is 0 Å². The second-order valence-electron chi connectivity index (χ2n) is 4.38. The van der Waals surface area contributed by atoms with E-state index in [2.05, 4.69) is 4.84 Å². The van der Waals surface area contributed by atoms with Crippen LogP contribution in [-0.2, 0) is 9.63 Å². The number of hydrogen-bond acceptors (Lipinski definition) is 3. The number of nitrogens with zero attached hydrogens (tertiary/aromatic N) is 2. The van der Waals surface area contributed by atoms with Crippen LogP contribution < -0.4 is 0 Å². The summed E-state index contributed by atoms with van der Waals surface area (Å²) < 4.78 is 13.5. The molecule has 1 unspecified atom stereocenters. The highest BCUT2D eigenvalue weighted by molar-refractivity contribution is 5.79. The van der Waals surface area contributed by atoms with Crippen LogP contribution in [0.1, 0.15) is 13.8 Å². The third-order valence-electron chi connectivity index (χ3n) is 2.74. The molecule has 7 heteroatoms. The zero-order valence-electron chi connectivity index (χ0n) is 9.51. The van der Waals surface area contributed by atoms with Crippen molar-refractivity contribution >= 4 is 12.0 Å². The molecule has 0 spiro atoms. The molecule has 2 bridgehead atoms. The fourth-order valence-electron chi connectivity index (χ4n) is 1.92. The van der Waals surface area contributed by atoms with Crippen LogP contribution in [0.4, 0.5) is 9.18 Å². The van der Waals surface area contributed by atoms with Crippen molar-refractivity contribution in [3.05, 3.63) is 11.6 Å². The Morgan fingerprint density at radius 3 is 2.94 bits per heavy atom. The van der Waals surface area contributed by atoms with Crippen molar-refractivity contribution < 1.29 is 23.9 Å². The number of carboxylic acids is 1. The lowest BCUT2D eigenvalue weighted by Crippen LogP contribution is -2.44. The number of urea groups is 1. The van der Waals surface area contributed by atoms with Crippen LogP contribution in [0.2, 0.25) is 0 Å². The first-order valence-corrected chi connectivity index (χ1v) is 5.18. The van der Waals surface area contributed by atoms with Crippen LogP contribution in [0.5, 0.6) is 0 Å². The fourth-order valence-corrected chi connectivity index (χ4v) is 1.92. The molecule has 94 valence electrons. The zero-order chi connectivity index (χ0) is 12.8. The summed E-state index contributed by atoms with van der Waals surface area (Å²) in [5, 5.41) is 9.41. The van der Waals surface area contributed by atoms with E-state index in [0.29, 0.717) is 13.1 Å². The van der Waals surface area contributed by atoms with Crippen molar-refractivity contribution in [3.8, 4) is 0 Å². The van der Waals surface area contributed by atoms with Gasteiger partial charge in [0, 0.05) is 20.0 Å². The van der Waals surface area contributed by atoms with E-state index < -0.39 is 23.9 Å². The van der Waals surface area contributed by atoms with Gasteiger partial charge in [0.2, 0.25) is 0 Å². The maximum atomic E-state index is 13.5. The van der Waals surface area contributed by atoms with E-state index in [4.69, 9.17) is 5.11 Å². The van der Waals surface area contributed by atoms with E-state index in [1.807, 2.05) is 6.92 Å². The molecule has 0 aromatic heterocycles. The fraction of sp³-hybridized carbons (Fsp3) is 0.600. The zero-order valence-corrected chi connectivity index (χ0v) is 9.51. The molecule has 0 aromatic carbocycles. The van der Waals surface area contributed by atoms with Crippen molar-refractivity contribution in [2.45, 2.75) is 25.7 Å². The SMILES string of the molecule is CC1=C[C@H]2CN(C1)C(=O)N2OC(C)(F)C(=O)O. The Morgan fingerprint density at radius 2 is 2.35 bits per heavy atom. The van der Waals surface area contributed by atoms with E-state index >= 15 is 0 Å². The summed E-state index contributed by atoms with van der Waals surface area (Å²) in [4.78, 5) is 28.5. The number of alkyl halides is 1. The lowest BCUT2D eigenvalue weighted by atomic mass is 10.1. The Kier molecular flexibility index (Phi) is 2.57. The lowest BCUT2D eigenvalue weighted by molar-refractivity contribution is -0.265. The highest BCUT2D eigenvalue weighted by Gasteiger charge is 2.46. The second-order valence-corrected chi connectivity index (χ2v) is 4.38. The Bertz CT molecular complexity index is 407. The number of halogens is 1. The number of carboxylic acid groups (broad SMARTS) is 1. The summed E-state index contributed by atoms with van der Waals surface area (Å²) in [7, 11) is 0. The predicted octanol–water partition coefficient (Wildman–Crippen LogP) is 0.754. The predicted molar refractivity (Wildman–Crippen MR) is 54.6 cm³/mol. The topological polar surface area (TPSA) is 70.1 Å². The Balaban J connectivity index is 2.18. The van der Waals surface area contributed by atoms with E-state index in [9.17, 15) is 14.0 Å². The maximum Gasteiger partial charge on any atom is 0.371 e. The smallest absolute Gasteiger partial charge is 0.371 e. The summed E-state index contributed by atoms with van der Waals surface area (Å²) in [5.74, 6) is -4.67. The number of hydroxylamine groups is 2. The maximum absolute atomic E-state index is 13.5. The van der Waals surface area contributed by atoms with E-state index in [-0.39, 0.29) is 0 Å². The Labute approximate surface area is 97.2 Å². The van der Waals surface area contributed by atoms with Gasteiger partial charge in [0.15, 0.2) is 0 Å². The molecule has 0 saturated carbocycles. The van der Waals surface area contributed by atoms with Crippen molar-refractivity contribution in [1.29, 1.82) is 0 Å². The molecule has 0 aliphatic carbocycles. The standard InChI is InChI=1S/C10H13FN2O4/c1-6-3-7-5-12(4-6)9(16)13(7)17-10(2,11)8(14)15/h3,7H,4-5H2,1-2H3,(H,14,15)/t7-,10?/m0/s1. The highest BCUT2D eigenvalue weighted by Crippen LogP contribution is 2.28. The molecular weight excluding hydrogens is 231 g/mol.